The third-order valence-electron chi connectivity index (χ3n) is 4.51. The van der Waals surface area contributed by atoms with E-state index in [1.54, 1.807) is 12.1 Å². The van der Waals surface area contributed by atoms with Gasteiger partial charge >= 0.3 is 0 Å². The average Bonchev–Trinajstić information content (AvgIpc) is 3.00. The van der Waals surface area contributed by atoms with Gasteiger partial charge in [-0.25, -0.2) is 8.42 Å². The Morgan fingerprint density at radius 2 is 1.67 bits per heavy atom. The van der Waals surface area contributed by atoms with Crippen LogP contribution in [0.2, 0.25) is 0 Å². The van der Waals surface area contributed by atoms with Gasteiger partial charge < -0.3 is 5.32 Å². The molecule has 7 heteroatoms. The molecule has 5 nitrogen and oxygen atoms in total. The van der Waals surface area contributed by atoms with Gasteiger partial charge in [0.25, 0.3) is 5.91 Å². The lowest BCUT2D eigenvalue weighted by Crippen LogP contribution is -2.30. The minimum absolute atomic E-state index is 0.187. The van der Waals surface area contributed by atoms with Crippen LogP contribution in [-0.2, 0) is 10.0 Å². The Labute approximate surface area is 163 Å². The minimum atomic E-state index is -3.50. The van der Waals surface area contributed by atoms with Crippen LogP contribution in [-0.4, -0.2) is 31.7 Å². The van der Waals surface area contributed by atoms with E-state index in [2.05, 4.69) is 5.32 Å². The van der Waals surface area contributed by atoms with Gasteiger partial charge in [0.1, 0.15) is 0 Å². The van der Waals surface area contributed by atoms with Gasteiger partial charge in [0.05, 0.1) is 9.77 Å². The van der Waals surface area contributed by atoms with Gasteiger partial charge in [-0.2, -0.15) is 4.31 Å². The van der Waals surface area contributed by atoms with Crippen LogP contribution in [0.1, 0.15) is 29.1 Å². The van der Waals surface area contributed by atoms with Crippen molar-refractivity contribution in [2.45, 2.75) is 25.7 Å². The Morgan fingerprint density at radius 1 is 1.04 bits per heavy atom. The first-order valence-electron chi connectivity index (χ1n) is 8.78. The quantitative estimate of drug-likeness (QED) is 0.660. The first-order chi connectivity index (χ1) is 12.9. The third-order valence-corrected chi connectivity index (χ3v) is 7.84. The highest BCUT2D eigenvalue weighted by atomic mass is 32.2. The van der Waals surface area contributed by atoms with Gasteiger partial charge in [-0.1, -0.05) is 32.0 Å². The fourth-order valence-electron chi connectivity index (χ4n) is 3.00. The Balaban J connectivity index is 1.82. The summed E-state index contributed by atoms with van der Waals surface area (Å²) in [4.78, 5) is 13.5. The number of hydrogen-bond acceptors (Lipinski definition) is 4. The van der Waals surface area contributed by atoms with Crippen molar-refractivity contribution in [1.29, 1.82) is 0 Å². The number of rotatable bonds is 6. The number of hydrogen-bond donors (Lipinski definition) is 1. The van der Waals surface area contributed by atoms with Gasteiger partial charge in [-0.15, -0.1) is 11.3 Å². The average molecular weight is 403 g/mol. The van der Waals surface area contributed by atoms with Crippen molar-refractivity contribution in [2.75, 3.05) is 18.4 Å². The van der Waals surface area contributed by atoms with E-state index in [9.17, 15) is 13.2 Å². The van der Waals surface area contributed by atoms with E-state index in [4.69, 9.17) is 0 Å². The van der Waals surface area contributed by atoms with Crippen molar-refractivity contribution in [3.8, 4) is 0 Å². The molecular weight excluding hydrogens is 380 g/mol. The number of carbonyl (C=O) groups excluding carboxylic acids is 1. The predicted octanol–water partition coefficient (Wildman–Crippen LogP) is 4.49. The summed E-state index contributed by atoms with van der Waals surface area (Å²) in [6.07, 6.45) is 0. The number of anilines is 1. The lowest BCUT2D eigenvalue weighted by Gasteiger charge is -2.18. The van der Waals surface area contributed by atoms with Crippen LogP contribution in [0.3, 0.4) is 0 Å². The Kier molecular flexibility index (Phi) is 5.64. The first kappa shape index (κ1) is 19.5. The molecule has 0 spiro atoms. The van der Waals surface area contributed by atoms with Crippen LogP contribution >= 0.6 is 11.3 Å². The highest BCUT2D eigenvalue weighted by molar-refractivity contribution is 7.89. The number of aryl methyl sites for hydroxylation is 1. The molecule has 0 bridgehead atoms. The van der Waals surface area contributed by atoms with E-state index in [-0.39, 0.29) is 10.8 Å². The van der Waals surface area contributed by atoms with Crippen LogP contribution < -0.4 is 5.32 Å². The molecule has 2 aromatic carbocycles. The first-order valence-corrected chi connectivity index (χ1v) is 11.0. The second-order valence-electron chi connectivity index (χ2n) is 6.12. The number of benzene rings is 2. The summed E-state index contributed by atoms with van der Waals surface area (Å²) in [5.74, 6) is -0.187. The van der Waals surface area contributed by atoms with Crippen LogP contribution in [0, 0.1) is 6.92 Å². The third kappa shape index (κ3) is 3.76. The van der Waals surface area contributed by atoms with Gasteiger partial charge in [0, 0.05) is 23.5 Å². The number of carbonyl (C=O) groups is 1. The van der Waals surface area contributed by atoms with Crippen LogP contribution in [0.4, 0.5) is 5.69 Å². The Bertz CT molecular complexity index is 1070. The second kappa shape index (κ2) is 7.80. The smallest absolute Gasteiger partial charge is 0.266 e. The second-order valence-corrected chi connectivity index (χ2v) is 9.11. The molecule has 0 aliphatic heterocycles. The van der Waals surface area contributed by atoms with Crippen LogP contribution in [0.15, 0.2) is 53.4 Å². The van der Waals surface area contributed by atoms with Crippen molar-refractivity contribution in [3.05, 3.63) is 59.0 Å². The molecule has 1 N–H and O–H groups in total. The van der Waals surface area contributed by atoms with Gasteiger partial charge in [-0.3, -0.25) is 4.79 Å². The lowest BCUT2D eigenvalue weighted by atomic mass is 10.1. The zero-order valence-electron chi connectivity index (χ0n) is 15.5. The monoisotopic (exact) mass is 402 g/mol. The fourth-order valence-corrected chi connectivity index (χ4v) is 5.56. The van der Waals surface area contributed by atoms with Crippen molar-refractivity contribution in [3.63, 3.8) is 0 Å². The molecule has 3 rings (SSSR count). The van der Waals surface area contributed by atoms with Crippen molar-refractivity contribution < 1.29 is 13.2 Å². The molecule has 0 radical (unpaired) electrons. The molecule has 0 fully saturated rings. The Hall–Kier alpha value is -2.22. The van der Waals surface area contributed by atoms with E-state index in [1.807, 2.05) is 45.0 Å². The van der Waals surface area contributed by atoms with Crippen LogP contribution in [0.25, 0.3) is 10.1 Å². The van der Waals surface area contributed by atoms with Crippen molar-refractivity contribution >= 4 is 43.0 Å². The standard InChI is InChI=1S/C20H22N2O3S2/c1-4-22(5-2)27(24,25)16-12-10-15(11-13-16)21-20(23)19-14(3)17-8-6-7-9-18(17)26-19/h6-13H,4-5H2,1-3H3,(H,21,23). The number of fused-ring (bicyclic) bond motifs is 1. The normalized spacial score (nSPS) is 11.9. The number of sulfonamides is 1. The Morgan fingerprint density at radius 3 is 2.26 bits per heavy atom. The fraction of sp³-hybridized carbons (Fsp3) is 0.250. The molecule has 0 saturated heterocycles. The molecule has 0 aliphatic rings. The zero-order valence-corrected chi connectivity index (χ0v) is 17.2. The number of thiophene rings is 1. The van der Waals surface area contributed by atoms with Gasteiger partial charge in [0.2, 0.25) is 10.0 Å². The number of amides is 1. The van der Waals surface area contributed by atoms with E-state index in [0.29, 0.717) is 23.7 Å². The van der Waals surface area contributed by atoms with E-state index >= 15 is 0 Å². The molecule has 1 heterocycles. The molecule has 27 heavy (non-hydrogen) atoms. The maximum Gasteiger partial charge on any atom is 0.266 e. The molecule has 0 saturated carbocycles. The summed E-state index contributed by atoms with van der Waals surface area (Å²) in [7, 11) is -3.50. The van der Waals surface area contributed by atoms with Gasteiger partial charge in [0.15, 0.2) is 0 Å². The molecule has 142 valence electrons. The SMILES string of the molecule is CCN(CC)S(=O)(=O)c1ccc(NC(=O)c2sc3ccccc3c2C)cc1. The minimum Gasteiger partial charge on any atom is -0.321 e. The molecule has 0 atom stereocenters. The molecule has 0 aliphatic carbocycles. The van der Waals surface area contributed by atoms with Crippen LogP contribution in [0.5, 0.6) is 0 Å². The highest BCUT2D eigenvalue weighted by Gasteiger charge is 2.21. The summed E-state index contributed by atoms with van der Waals surface area (Å²) >= 11 is 1.45. The molecule has 3 aromatic rings. The summed E-state index contributed by atoms with van der Waals surface area (Å²) in [6, 6.07) is 14.2. The summed E-state index contributed by atoms with van der Waals surface area (Å²) in [5, 5.41) is 3.94. The topological polar surface area (TPSA) is 66.5 Å². The maximum absolute atomic E-state index is 12.7. The maximum atomic E-state index is 12.7. The van der Waals surface area contributed by atoms with Crippen molar-refractivity contribution in [1.82, 2.24) is 4.31 Å². The lowest BCUT2D eigenvalue weighted by molar-refractivity contribution is 0.103. The highest BCUT2D eigenvalue weighted by Crippen LogP contribution is 2.31. The molecule has 1 amide bonds. The number of nitrogens with zero attached hydrogens (tertiary/aromatic N) is 1. The predicted molar refractivity (Wildman–Crippen MR) is 111 cm³/mol. The largest absolute Gasteiger partial charge is 0.321 e. The molecule has 0 unspecified atom stereocenters. The molecular formula is C20H22N2O3S2. The van der Waals surface area contributed by atoms with Gasteiger partial charge in [-0.05, 0) is 48.2 Å². The van der Waals surface area contributed by atoms with E-state index in [0.717, 1.165) is 15.6 Å². The summed E-state index contributed by atoms with van der Waals surface area (Å²) in [6.45, 7) is 6.39. The summed E-state index contributed by atoms with van der Waals surface area (Å²) < 4.78 is 27.5. The van der Waals surface area contributed by atoms with E-state index < -0.39 is 10.0 Å². The number of nitrogens with one attached hydrogen (secondary N) is 1. The zero-order chi connectivity index (χ0) is 19.6. The van der Waals surface area contributed by atoms with Crippen molar-refractivity contribution in [2.24, 2.45) is 0 Å². The summed E-state index contributed by atoms with van der Waals surface area (Å²) in [5.41, 5.74) is 1.52. The molecule has 1 aromatic heterocycles. The van der Waals surface area contributed by atoms with E-state index in [1.165, 1.54) is 27.8 Å².